The van der Waals surface area contributed by atoms with Crippen LogP contribution >= 0.6 is 0 Å². The lowest BCUT2D eigenvalue weighted by atomic mass is 9.88. The summed E-state index contributed by atoms with van der Waals surface area (Å²) in [6, 6.07) is 0.570. The van der Waals surface area contributed by atoms with Crippen LogP contribution in [0.5, 0.6) is 0 Å². The quantitative estimate of drug-likeness (QED) is 0.620. The van der Waals surface area contributed by atoms with Crippen molar-refractivity contribution >= 4 is 0 Å². The van der Waals surface area contributed by atoms with E-state index in [9.17, 15) is 0 Å². The second-order valence-electron chi connectivity index (χ2n) is 5.18. The number of hydrogen-bond donors (Lipinski definition) is 2. The van der Waals surface area contributed by atoms with Crippen molar-refractivity contribution in [3.8, 4) is 0 Å². The summed E-state index contributed by atoms with van der Waals surface area (Å²) in [5.41, 5.74) is 0.352. The van der Waals surface area contributed by atoms with Crippen LogP contribution in [0.2, 0.25) is 0 Å². The maximum atomic E-state index is 8.60. The van der Waals surface area contributed by atoms with Gasteiger partial charge >= 0.3 is 0 Å². The number of aliphatic hydroxyl groups is 1. The summed E-state index contributed by atoms with van der Waals surface area (Å²) in [5.74, 6) is 0. The second-order valence-corrected chi connectivity index (χ2v) is 5.18. The summed E-state index contributed by atoms with van der Waals surface area (Å²) < 4.78 is 0. The van der Waals surface area contributed by atoms with Gasteiger partial charge in [-0.25, -0.2) is 0 Å². The predicted octanol–water partition coefficient (Wildman–Crippen LogP) is 2.56. The van der Waals surface area contributed by atoms with Crippen molar-refractivity contribution in [2.75, 3.05) is 13.2 Å². The molecule has 0 aliphatic rings. The topological polar surface area (TPSA) is 32.3 Å². The van der Waals surface area contributed by atoms with E-state index >= 15 is 0 Å². The average molecular weight is 201 g/mol. The van der Waals surface area contributed by atoms with Gasteiger partial charge < -0.3 is 10.4 Å². The zero-order valence-corrected chi connectivity index (χ0v) is 10.3. The number of rotatable bonds is 7. The molecule has 2 N–H and O–H groups in total. The second kappa shape index (κ2) is 7.24. The van der Waals surface area contributed by atoms with E-state index < -0.39 is 0 Å². The number of nitrogens with one attached hydrogen (secondary N) is 1. The highest BCUT2D eigenvalue weighted by Crippen LogP contribution is 2.18. The van der Waals surface area contributed by atoms with Crippen LogP contribution in [0.1, 0.15) is 53.4 Å². The Hall–Kier alpha value is -0.0800. The molecule has 0 aliphatic heterocycles. The van der Waals surface area contributed by atoms with Gasteiger partial charge in [-0.05, 0) is 31.7 Å². The molecular weight excluding hydrogens is 174 g/mol. The van der Waals surface area contributed by atoms with Gasteiger partial charge in [0, 0.05) is 12.6 Å². The molecule has 0 aromatic carbocycles. The van der Waals surface area contributed by atoms with E-state index in [4.69, 9.17) is 5.11 Å². The monoisotopic (exact) mass is 201 g/mol. The highest BCUT2D eigenvalue weighted by atomic mass is 16.2. The van der Waals surface area contributed by atoms with E-state index in [0.717, 1.165) is 19.4 Å². The number of aliphatic hydroxyl groups excluding tert-OH is 1. The highest BCUT2D eigenvalue weighted by molar-refractivity contribution is 4.75. The minimum absolute atomic E-state index is 0.339. The molecule has 0 heterocycles. The minimum atomic E-state index is 0.339. The molecule has 1 atom stereocenters. The number of hydrogen-bond acceptors (Lipinski definition) is 2. The fraction of sp³-hybridized carbons (Fsp3) is 1.00. The molecule has 0 fully saturated rings. The summed E-state index contributed by atoms with van der Waals surface area (Å²) in [6.45, 7) is 10.5. The third kappa shape index (κ3) is 7.34. The van der Waals surface area contributed by atoms with Gasteiger partial charge in [0.1, 0.15) is 0 Å². The van der Waals surface area contributed by atoms with Crippen LogP contribution in [-0.2, 0) is 0 Å². The molecule has 86 valence electrons. The Balaban J connectivity index is 3.28. The van der Waals surface area contributed by atoms with E-state index in [-0.39, 0.29) is 0 Å². The van der Waals surface area contributed by atoms with E-state index in [0.29, 0.717) is 18.1 Å². The zero-order chi connectivity index (χ0) is 11.0. The molecule has 0 saturated heterocycles. The fourth-order valence-electron chi connectivity index (χ4n) is 1.22. The zero-order valence-electron chi connectivity index (χ0n) is 10.3. The van der Waals surface area contributed by atoms with Gasteiger partial charge in [0.15, 0.2) is 0 Å². The van der Waals surface area contributed by atoms with Gasteiger partial charge in [-0.3, -0.25) is 0 Å². The first-order chi connectivity index (χ1) is 6.48. The first-order valence-electron chi connectivity index (χ1n) is 5.82. The van der Waals surface area contributed by atoms with Gasteiger partial charge in [0.05, 0.1) is 0 Å². The Morgan fingerprint density at radius 3 is 2.14 bits per heavy atom. The Kier molecular flexibility index (Phi) is 7.20. The van der Waals surface area contributed by atoms with Crippen LogP contribution in [0.15, 0.2) is 0 Å². The summed E-state index contributed by atoms with van der Waals surface area (Å²) in [6.07, 6.45) is 4.56. The maximum absolute atomic E-state index is 8.60. The largest absolute Gasteiger partial charge is 0.396 e. The molecule has 2 nitrogen and oxygen atoms in total. The maximum Gasteiger partial charge on any atom is 0.0431 e. The van der Waals surface area contributed by atoms with Crippen LogP contribution < -0.4 is 5.32 Å². The van der Waals surface area contributed by atoms with Gasteiger partial charge in [-0.2, -0.15) is 0 Å². The van der Waals surface area contributed by atoms with Crippen molar-refractivity contribution in [2.45, 2.75) is 59.4 Å². The van der Waals surface area contributed by atoms with Crippen LogP contribution in [0.3, 0.4) is 0 Å². The molecule has 0 radical (unpaired) electrons. The molecule has 0 aliphatic carbocycles. The first-order valence-corrected chi connectivity index (χ1v) is 5.82. The Morgan fingerprint density at radius 1 is 1.07 bits per heavy atom. The lowest BCUT2D eigenvalue weighted by molar-refractivity contribution is 0.276. The van der Waals surface area contributed by atoms with Crippen LogP contribution in [0, 0.1) is 5.41 Å². The predicted molar refractivity (Wildman–Crippen MR) is 62.5 cm³/mol. The third-order valence-electron chi connectivity index (χ3n) is 2.83. The molecule has 1 unspecified atom stereocenters. The molecule has 0 rings (SSSR count). The Bertz CT molecular complexity index is 129. The van der Waals surface area contributed by atoms with Crippen molar-refractivity contribution in [2.24, 2.45) is 5.41 Å². The SMILES string of the molecule is CC(NCCCCCCO)C(C)(C)C. The Labute approximate surface area is 89.1 Å². The molecular formula is C12H27NO. The van der Waals surface area contributed by atoms with Gasteiger partial charge in [0.2, 0.25) is 0 Å². The molecule has 0 saturated carbocycles. The van der Waals surface area contributed by atoms with Crippen LogP contribution in [-0.4, -0.2) is 24.3 Å². The average Bonchev–Trinajstić information content (AvgIpc) is 2.09. The van der Waals surface area contributed by atoms with Gasteiger partial charge in [0.25, 0.3) is 0 Å². The summed E-state index contributed by atoms with van der Waals surface area (Å²) in [7, 11) is 0. The van der Waals surface area contributed by atoms with E-state index in [1.54, 1.807) is 0 Å². The molecule has 0 aromatic heterocycles. The third-order valence-corrected chi connectivity index (χ3v) is 2.83. The normalized spacial score (nSPS) is 14.4. The van der Waals surface area contributed by atoms with Crippen molar-refractivity contribution in [3.05, 3.63) is 0 Å². The fourth-order valence-corrected chi connectivity index (χ4v) is 1.22. The number of unbranched alkanes of at least 4 members (excludes halogenated alkanes) is 3. The van der Waals surface area contributed by atoms with E-state index in [2.05, 4.69) is 33.0 Å². The van der Waals surface area contributed by atoms with Crippen molar-refractivity contribution < 1.29 is 5.11 Å². The molecule has 0 aromatic rings. The summed E-state index contributed by atoms with van der Waals surface area (Å²) in [5, 5.41) is 12.1. The molecule has 2 heteroatoms. The van der Waals surface area contributed by atoms with Gasteiger partial charge in [-0.15, -0.1) is 0 Å². The molecule has 0 spiro atoms. The van der Waals surface area contributed by atoms with Crippen LogP contribution in [0.4, 0.5) is 0 Å². The summed E-state index contributed by atoms with van der Waals surface area (Å²) in [4.78, 5) is 0. The van der Waals surface area contributed by atoms with E-state index in [1.807, 2.05) is 0 Å². The lowest BCUT2D eigenvalue weighted by Gasteiger charge is -2.28. The molecule has 14 heavy (non-hydrogen) atoms. The Morgan fingerprint density at radius 2 is 1.64 bits per heavy atom. The van der Waals surface area contributed by atoms with Crippen molar-refractivity contribution in [1.82, 2.24) is 5.32 Å². The lowest BCUT2D eigenvalue weighted by Crippen LogP contribution is -2.38. The summed E-state index contributed by atoms with van der Waals surface area (Å²) >= 11 is 0. The van der Waals surface area contributed by atoms with Crippen LogP contribution in [0.25, 0.3) is 0 Å². The molecule has 0 bridgehead atoms. The standard InChI is InChI=1S/C12H27NO/c1-11(12(2,3)4)13-9-7-5-6-8-10-14/h11,13-14H,5-10H2,1-4H3. The van der Waals surface area contributed by atoms with Crippen molar-refractivity contribution in [3.63, 3.8) is 0 Å². The van der Waals surface area contributed by atoms with Crippen molar-refractivity contribution in [1.29, 1.82) is 0 Å². The smallest absolute Gasteiger partial charge is 0.0431 e. The van der Waals surface area contributed by atoms with Gasteiger partial charge in [-0.1, -0.05) is 33.6 Å². The molecule has 0 amide bonds. The first kappa shape index (κ1) is 13.9. The highest BCUT2D eigenvalue weighted by Gasteiger charge is 2.18. The van der Waals surface area contributed by atoms with E-state index in [1.165, 1.54) is 12.8 Å². The minimum Gasteiger partial charge on any atom is -0.396 e.